The number of carbonyl (C=O) groups is 1. The molecule has 0 amide bonds. The number of aromatic nitrogens is 1. The second-order valence-electron chi connectivity index (χ2n) is 4.22. The first kappa shape index (κ1) is 12.3. The average molecular weight is 241 g/mol. The summed E-state index contributed by atoms with van der Waals surface area (Å²) in [7, 11) is 1.54. The molecular weight excluding hydrogens is 226 g/mol. The van der Waals surface area contributed by atoms with E-state index in [2.05, 4.69) is 4.98 Å². The number of rotatable bonds is 3. The van der Waals surface area contributed by atoms with Crippen molar-refractivity contribution >= 4 is 5.78 Å². The predicted octanol–water partition coefficient (Wildman–Crippen LogP) is 2.94. The quantitative estimate of drug-likeness (QED) is 0.775. The van der Waals surface area contributed by atoms with Gasteiger partial charge >= 0.3 is 0 Å². The van der Waals surface area contributed by atoms with Gasteiger partial charge in [-0.1, -0.05) is 23.8 Å². The highest BCUT2D eigenvalue weighted by molar-refractivity contribution is 6.11. The van der Waals surface area contributed by atoms with Crippen LogP contribution in [0.3, 0.4) is 0 Å². The summed E-state index contributed by atoms with van der Waals surface area (Å²) in [6.07, 6.45) is 3.15. The zero-order valence-corrected chi connectivity index (χ0v) is 10.7. The van der Waals surface area contributed by atoms with Gasteiger partial charge in [0.2, 0.25) is 0 Å². The third-order valence-corrected chi connectivity index (χ3v) is 2.88. The van der Waals surface area contributed by atoms with Crippen LogP contribution in [0, 0.1) is 13.8 Å². The highest BCUT2D eigenvalue weighted by Crippen LogP contribution is 2.22. The fourth-order valence-corrected chi connectivity index (χ4v) is 1.94. The van der Waals surface area contributed by atoms with Crippen LogP contribution in [-0.4, -0.2) is 17.9 Å². The molecule has 0 unspecified atom stereocenters. The van der Waals surface area contributed by atoms with E-state index in [0.717, 1.165) is 11.1 Å². The number of pyridine rings is 1. The zero-order chi connectivity index (χ0) is 13.1. The summed E-state index contributed by atoms with van der Waals surface area (Å²) in [4.78, 5) is 16.4. The van der Waals surface area contributed by atoms with E-state index in [1.807, 2.05) is 32.0 Å². The number of methoxy groups -OCH3 is 1. The lowest BCUT2D eigenvalue weighted by atomic mass is 9.98. The lowest BCUT2D eigenvalue weighted by Gasteiger charge is -2.09. The maximum Gasteiger partial charge on any atom is 0.197 e. The molecule has 3 nitrogen and oxygen atoms in total. The van der Waals surface area contributed by atoms with E-state index in [1.54, 1.807) is 18.5 Å². The van der Waals surface area contributed by atoms with Crippen molar-refractivity contribution in [1.82, 2.24) is 4.98 Å². The molecule has 0 aliphatic carbocycles. The molecule has 1 aromatic carbocycles. The molecule has 0 bridgehead atoms. The van der Waals surface area contributed by atoms with Crippen LogP contribution in [0.2, 0.25) is 0 Å². The largest absolute Gasteiger partial charge is 0.494 e. The van der Waals surface area contributed by atoms with Gasteiger partial charge in [-0.25, -0.2) is 0 Å². The zero-order valence-electron chi connectivity index (χ0n) is 10.7. The van der Waals surface area contributed by atoms with E-state index in [4.69, 9.17) is 4.74 Å². The first-order valence-electron chi connectivity index (χ1n) is 5.73. The number of benzene rings is 1. The van der Waals surface area contributed by atoms with Crippen LogP contribution in [0.4, 0.5) is 0 Å². The summed E-state index contributed by atoms with van der Waals surface area (Å²) in [5.74, 6) is 0.467. The second kappa shape index (κ2) is 5.00. The van der Waals surface area contributed by atoms with Crippen LogP contribution in [0.25, 0.3) is 0 Å². The molecule has 2 aromatic rings. The minimum Gasteiger partial charge on any atom is -0.494 e. The molecule has 0 atom stereocenters. The average Bonchev–Trinajstić information content (AvgIpc) is 2.38. The molecule has 18 heavy (non-hydrogen) atoms. The molecule has 3 heteroatoms. The Morgan fingerprint density at radius 3 is 2.61 bits per heavy atom. The molecule has 0 saturated carbocycles. The Bertz CT molecular complexity index is 591. The van der Waals surface area contributed by atoms with Crippen molar-refractivity contribution in [2.75, 3.05) is 7.11 Å². The summed E-state index contributed by atoms with van der Waals surface area (Å²) in [5, 5.41) is 0. The summed E-state index contributed by atoms with van der Waals surface area (Å²) < 4.78 is 5.17. The molecule has 0 saturated heterocycles. The number of nitrogens with zero attached hydrogens (tertiary/aromatic N) is 1. The van der Waals surface area contributed by atoms with Gasteiger partial charge in [0.15, 0.2) is 5.78 Å². The normalized spacial score (nSPS) is 10.2. The van der Waals surface area contributed by atoms with Crippen LogP contribution in [0.15, 0.2) is 36.7 Å². The summed E-state index contributed by atoms with van der Waals surface area (Å²) in [6.45, 7) is 3.95. The van der Waals surface area contributed by atoms with Crippen LogP contribution in [0.1, 0.15) is 27.0 Å². The van der Waals surface area contributed by atoms with E-state index < -0.39 is 0 Å². The van der Waals surface area contributed by atoms with Gasteiger partial charge in [-0.2, -0.15) is 0 Å². The van der Waals surface area contributed by atoms with Crippen LogP contribution in [-0.2, 0) is 0 Å². The van der Waals surface area contributed by atoms with Crippen molar-refractivity contribution in [3.05, 3.63) is 58.9 Å². The highest BCUT2D eigenvalue weighted by Gasteiger charge is 2.15. The van der Waals surface area contributed by atoms with Crippen LogP contribution >= 0.6 is 0 Å². The van der Waals surface area contributed by atoms with E-state index in [9.17, 15) is 4.79 Å². The maximum absolute atomic E-state index is 12.5. The van der Waals surface area contributed by atoms with Crippen molar-refractivity contribution in [2.24, 2.45) is 0 Å². The number of hydrogen-bond donors (Lipinski definition) is 0. The minimum atomic E-state index is -0.0354. The van der Waals surface area contributed by atoms with Crippen LogP contribution in [0.5, 0.6) is 5.75 Å². The topological polar surface area (TPSA) is 39.2 Å². The molecule has 0 aliphatic heterocycles. The van der Waals surface area contributed by atoms with E-state index in [1.165, 1.54) is 7.11 Å². The third-order valence-electron chi connectivity index (χ3n) is 2.88. The van der Waals surface area contributed by atoms with Gasteiger partial charge in [-0.15, -0.1) is 0 Å². The first-order valence-corrected chi connectivity index (χ1v) is 5.73. The SMILES string of the molecule is COc1cnccc1C(=O)c1ccc(C)cc1C. The number of carbonyl (C=O) groups excluding carboxylic acids is 1. The molecule has 1 aromatic heterocycles. The van der Waals surface area contributed by atoms with Crippen molar-refractivity contribution in [3.63, 3.8) is 0 Å². The molecule has 0 fully saturated rings. The summed E-state index contributed by atoms with van der Waals surface area (Å²) >= 11 is 0. The second-order valence-corrected chi connectivity index (χ2v) is 4.22. The maximum atomic E-state index is 12.5. The molecule has 0 spiro atoms. The molecule has 0 N–H and O–H groups in total. The minimum absolute atomic E-state index is 0.0354. The molecule has 0 aliphatic rings. The van der Waals surface area contributed by atoms with Gasteiger partial charge in [-0.3, -0.25) is 9.78 Å². The van der Waals surface area contributed by atoms with E-state index >= 15 is 0 Å². The predicted molar refractivity (Wildman–Crippen MR) is 70.1 cm³/mol. The lowest BCUT2D eigenvalue weighted by Crippen LogP contribution is -2.06. The number of ether oxygens (including phenoxy) is 1. The number of hydrogen-bond acceptors (Lipinski definition) is 3. The Balaban J connectivity index is 2.48. The molecule has 92 valence electrons. The number of aryl methyl sites for hydroxylation is 2. The van der Waals surface area contributed by atoms with Gasteiger partial charge in [0.1, 0.15) is 5.75 Å². The highest BCUT2D eigenvalue weighted by atomic mass is 16.5. The fourth-order valence-electron chi connectivity index (χ4n) is 1.94. The Labute approximate surface area is 106 Å². The van der Waals surface area contributed by atoms with Crippen molar-refractivity contribution in [3.8, 4) is 5.75 Å². The van der Waals surface area contributed by atoms with Crippen molar-refractivity contribution < 1.29 is 9.53 Å². The van der Waals surface area contributed by atoms with Crippen molar-refractivity contribution in [1.29, 1.82) is 0 Å². The standard InChI is InChI=1S/C15H15NO2/c1-10-4-5-12(11(2)8-10)15(17)13-6-7-16-9-14(13)18-3/h4-9H,1-3H3. The molecule has 0 radical (unpaired) electrons. The Morgan fingerprint density at radius 1 is 1.17 bits per heavy atom. The van der Waals surface area contributed by atoms with Gasteiger partial charge < -0.3 is 4.74 Å². The van der Waals surface area contributed by atoms with Gasteiger partial charge in [0.25, 0.3) is 0 Å². The summed E-state index contributed by atoms with van der Waals surface area (Å²) in [6, 6.07) is 7.47. The fraction of sp³-hybridized carbons (Fsp3) is 0.200. The number of ketones is 1. The first-order chi connectivity index (χ1) is 8.63. The summed E-state index contributed by atoms with van der Waals surface area (Å²) in [5.41, 5.74) is 3.36. The van der Waals surface area contributed by atoms with Gasteiger partial charge in [0, 0.05) is 11.8 Å². The molecule has 1 heterocycles. The lowest BCUT2D eigenvalue weighted by molar-refractivity contribution is 0.103. The van der Waals surface area contributed by atoms with Gasteiger partial charge in [0.05, 0.1) is 18.9 Å². The molecule has 2 rings (SSSR count). The Hall–Kier alpha value is -2.16. The van der Waals surface area contributed by atoms with E-state index in [0.29, 0.717) is 16.9 Å². The monoisotopic (exact) mass is 241 g/mol. The molecular formula is C15H15NO2. The van der Waals surface area contributed by atoms with Crippen LogP contribution < -0.4 is 4.74 Å². The third kappa shape index (κ3) is 2.25. The smallest absolute Gasteiger partial charge is 0.197 e. The van der Waals surface area contributed by atoms with E-state index in [-0.39, 0.29) is 5.78 Å². The Morgan fingerprint density at radius 2 is 1.94 bits per heavy atom. The Kier molecular flexibility index (Phi) is 3.42. The van der Waals surface area contributed by atoms with Crippen molar-refractivity contribution in [2.45, 2.75) is 13.8 Å². The van der Waals surface area contributed by atoms with Gasteiger partial charge in [-0.05, 0) is 25.5 Å².